The lowest BCUT2D eigenvalue weighted by Crippen LogP contribution is -2.52. The van der Waals surface area contributed by atoms with Gasteiger partial charge in [-0.15, -0.1) is 11.8 Å². The smallest absolute Gasteiger partial charge is 0.350 e. The van der Waals surface area contributed by atoms with Crippen molar-refractivity contribution in [2.45, 2.75) is 42.8 Å². The van der Waals surface area contributed by atoms with Gasteiger partial charge in [0.1, 0.15) is 5.82 Å². The van der Waals surface area contributed by atoms with Gasteiger partial charge in [0.25, 0.3) is 0 Å². The van der Waals surface area contributed by atoms with Crippen molar-refractivity contribution in [1.82, 2.24) is 29.7 Å². The second kappa shape index (κ2) is 10.6. The van der Waals surface area contributed by atoms with Crippen LogP contribution in [-0.2, 0) is 0 Å². The SMILES string of the molecule is CCN1CCN(C[C@H]2CSc3c(-c4cccc5sc(N)nc45)c(Cl)cc4c(N5CC6CCC(C5)N6)nc(=O)n2c34)CC1. The molecule has 3 saturated heterocycles. The van der Waals surface area contributed by atoms with E-state index in [-0.39, 0.29) is 11.7 Å². The molecule has 9 nitrogen and oxygen atoms in total. The summed E-state index contributed by atoms with van der Waals surface area (Å²) in [5, 5.41) is 5.88. The first-order valence-electron chi connectivity index (χ1n) is 15.0. The second-order valence-corrected chi connectivity index (χ2v) is 14.5. The Hall–Kier alpha value is -2.41. The monoisotopic (exact) mass is 622 g/mol. The van der Waals surface area contributed by atoms with Crippen molar-refractivity contribution in [2.75, 3.05) is 68.7 Å². The number of nitrogens with two attached hydrogens (primary N) is 1. The fraction of sp³-hybridized carbons (Fsp3) is 0.500. The van der Waals surface area contributed by atoms with E-state index < -0.39 is 0 Å². The highest BCUT2D eigenvalue weighted by Crippen LogP contribution is 2.49. The number of piperazine rings is 2. The summed E-state index contributed by atoms with van der Waals surface area (Å²) in [4.78, 5) is 32.0. The van der Waals surface area contributed by atoms with E-state index in [2.05, 4.69) is 44.1 Å². The first-order chi connectivity index (χ1) is 20.5. The molecular weight excluding hydrogens is 588 g/mol. The Morgan fingerprint density at radius 3 is 2.62 bits per heavy atom. The summed E-state index contributed by atoms with van der Waals surface area (Å²) >= 11 is 10.5. The van der Waals surface area contributed by atoms with Crippen molar-refractivity contribution in [1.29, 1.82) is 0 Å². The normalized spacial score (nSPS) is 24.7. The molecule has 3 fully saturated rings. The van der Waals surface area contributed by atoms with Gasteiger partial charge in [0, 0.05) is 85.1 Å². The molecule has 2 bridgehead atoms. The molecule has 3 atom stereocenters. The molecule has 4 aromatic rings. The van der Waals surface area contributed by atoms with E-state index >= 15 is 0 Å². The van der Waals surface area contributed by atoms with Gasteiger partial charge in [-0.3, -0.25) is 9.47 Å². The number of hydrogen-bond donors (Lipinski definition) is 2. The molecule has 2 aromatic carbocycles. The van der Waals surface area contributed by atoms with E-state index in [4.69, 9.17) is 22.3 Å². The zero-order valence-electron chi connectivity index (χ0n) is 23.7. The maximum Gasteiger partial charge on any atom is 0.350 e. The highest BCUT2D eigenvalue weighted by Gasteiger charge is 2.36. The molecule has 0 saturated carbocycles. The van der Waals surface area contributed by atoms with Gasteiger partial charge in [0.15, 0.2) is 5.13 Å². The van der Waals surface area contributed by atoms with Crippen molar-refractivity contribution in [2.24, 2.45) is 0 Å². The molecule has 0 radical (unpaired) electrons. The molecule has 3 N–H and O–H groups in total. The Morgan fingerprint density at radius 2 is 1.86 bits per heavy atom. The average molecular weight is 623 g/mol. The van der Waals surface area contributed by atoms with Gasteiger partial charge in [-0.25, -0.2) is 9.78 Å². The lowest BCUT2D eigenvalue weighted by atomic mass is 10.0. The number of nitrogens with zero attached hydrogens (tertiary/aromatic N) is 6. The molecule has 0 spiro atoms. The lowest BCUT2D eigenvalue weighted by molar-refractivity contribution is 0.126. The van der Waals surface area contributed by atoms with Crippen LogP contribution >= 0.6 is 34.7 Å². The van der Waals surface area contributed by atoms with Crippen LogP contribution in [0.5, 0.6) is 0 Å². The summed E-state index contributed by atoms with van der Waals surface area (Å²) < 4.78 is 3.02. The number of nitrogens with one attached hydrogen (secondary N) is 1. The van der Waals surface area contributed by atoms with Crippen LogP contribution in [0.4, 0.5) is 10.9 Å². The Morgan fingerprint density at radius 1 is 1.10 bits per heavy atom. The van der Waals surface area contributed by atoms with Crippen LogP contribution in [0.2, 0.25) is 5.02 Å². The van der Waals surface area contributed by atoms with Gasteiger partial charge in [-0.2, -0.15) is 4.98 Å². The summed E-state index contributed by atoms with van der Waals surface area (Å²) in [6, 6.07) is 9.11. The standard InChI is InChI=1S/C30H35ClN8OS2/c1-2-36-8-10-37(11-9-36)15-19-16-41-27-24(20-4-3-5-23-25(20)34-29(32)42-23)22(31)12-21-26(27)39(19)30(40)35-28(21)38-13-17-6-7-18(14-38)33-17/h3-5,12,17-19,33H,2,6-11,13-16H2,1H3,(H2,32,34)/t17?,18?,19-/m0/s1. The van der Waals surface area contributed by atoms with Crippen LogP contribution in [0.3, 0.4) is 0 Å². The minimum Gasteiger partial charge on any atom is -0.375 e. The highest BCUT2D eigenvalue weighted by molar-refractivity contribution is 7.99. The number of likely N-dealkylation sites (N-methyl/N-ethyl adjacent to an activating group) is 1. The third kappa shape index (κ3) is 4.51. The number of thiazole rings is 1. The fourth-order valence-corrected chi connectivity index (χ4v) is 9.85. The Kier molecular flexibility index (Phi) is 6.88. The topological polar surface area (TPSA) is 95.6 Å². The Bertz CT molecular complexity index is 1740. The summed E-state index contributed by atoms with van der Waals surface area (Å²) in [5.41, 5.74) is 9.70. The quantitative estimate of drug-likeness (QED) is 0.341. The number of rotatable bonds is 5. The molecule has 0 aliphatic carbocycles. The molecule has 0 amide bonds. The predicted octanol–water partition coefficient (Wildman–Crippen LogP) is 4.13. The van der Waals surface area contributed by atoms with Crippen LogP contribution in [0.15, 0.2) is 34.0 Å². The van der Waals surface area contributed by atoms with Gasteiger partial charge in [-0.1, -0.05) is 42.0 Å². The predicted molar refractivity (Wildman–Crippen MR) is 175 cm³/mol. The number of aromatic nitrogens is 3. The Labute approximate surface area is 258 Å². The molecule has 42 heavy (non-hydrogen) atoms. The van der Waals surface area contributed by atoms with Crippen molar-refractivity contribution < 1.29 is 0 Å². The van der Waals surface area contributed by atoms with E-state index in [0.29, 0.717) is 22.2 Å². The number of anilines is 2. The number of benzene rings is 2. The van der Waals surface area contributed by atoms with Crippen LogP contribution in [-0.4, -0.2) is 94.5 Å². The molecule has 6 heterocycles. The van der Waals surface area contributed by atoms with Crippen molar-refractivity contribution in [3.63, 3.8) is 0 Å². The van der Waals surface area contributed by atoms with Crippen LogP contribution in [0.25, 0.3) is 32.2 Å². The maximum atomic E-state index is 14.1. The molecule has 8 rings (SSSR count). The number of fused-ring (bicyclic) bond motifs is 3. The van der Waals surface area contributed by atoms with Gasteiger partial charge >= 0.3 is 5.69 Å². The zero-order chi connectivity index (χ0) is 28.5. The molecular formula is C30H35ClN8OS2. The molecule has 220 valence electrons. The van der Waals surface area contributed by atoms with E-state index in [0.717, 1.165) is 114 Å². The van der Waals surface area contributed by atoms with Crippen LogP contribution in [0, 0.1) is 0 Å². The minimum absolute atomic E-state index is 0.0335. The zero-order valence-corrected chi connectivity index (χ0v) is 26.1. The number of para-hydroxylation sites is 1. The number of halogens is 1. The summed E-state index contributed by atoms with van der Waals surface area (Å²) in [6.07, 6.45) is 2.33. The highest BCUT2D eigenvalue weighted by atomic mass is 35.5. The molecule has 4 aliphatic rings. The fourth-order valence-electron chi connectivity index (χ4n) is 7.41. The van der Waals surface area contributed by atoms with Gasteiger partial charge < -0.3 is 20.9 Å². The third-order valence-corrected chi connectivity index (χ3v) is 11.9. The number of thioether (sulfide) groups is 1. The summed E-state index contributed by atoms with van der Waals surface area (Å²) in [5.74, 6) is 1.56. The molecule has 2 unspecified atom stereocenters. The van der Waals surface area contributed by atoms with Crippen molar-refractivity contribution in [3.05, 3.63) is 39.8 Å². The maximum absolute atomic E-state index is 14.1. The van der Waals surface area contributed by atoms with E-state index in [9.17, 15) is 4.79 Å². The van der Waals surface area contributed by atoms with Gasteiger partial charge in [0.2, 0.25) is 0 Å². The molecule has 2 aromatic heterocycles. The van der Waals surface area contributed by atoms with Crippen LogP contribution in [0.1, 0.15) is 25.8 Å². The Balaban J connectivity index is 1.31. The van der Waals surface area contributed by atoms with Gasteiger partial charge in [-0.05, 0) is 31.5 Å². The number of nitrogen functional groups attached to an aromatic ring is 1. The lowest BCUT2D eigenvalue weighted by Gasteiger charge is -2.38. The van der Waals surface area contributed by atoms with E-state index in [1.54, 1.807) is 0 Å². The van der Waals surface area contributed by atoms with Crippen molar-refractivity contribution >= 4 is 66.8 Å². The summed E-state index contributed by atoms with van der Waals surface area (Å²) in [7, 11) is 0. The first-order valence-corrected chi connectivity index (χ1v) is 17.2. The van der Waals surface area contributed by atoms with E-state index in [1.165, 1.54) is 11.3 Å². The third-order valence-electron chi connectivity index (χ3n) is 9.48. The average Bonchev–Trinajstić information content (AvgIpc) is 3.55. The van der Waals surface area contributed by atoms with Gasteiger partial charge in [0.05, 0.1) is 26.8 Å². The van der Waals surface area contributed by atoms with Crippen LogP contribution < -0.4 is 21.6 Å². The second-order valence-electron chi connectivity index (χ2n) is 12.0. The number of hydrogen-bond acceptors (Lipinski definition) is 10. The minimum atomic E-state index is -0.161. The summed E-state index contributed by atoms with van der Waals surface area (Å²) in [6.45, 7) is 10.0. The molecule has 4 aliphatic heterocycles. The van der Waals surface area contributed by atoms with E-state index in [1.807, 2.05) is 28.5 Å². The van der Waals surface area contributed by atoms with Crippen molar-refractivity contribution in [3.8, 4) is 11.1 Å². The first kappa shape index (κ1) is 27.2. The molecule has 12 heteroatoms. The largest absolute Gasteiger partial charge is 0.375 e.